The molecule has 1 aromatic rings. The van der Waals surface area contributed by atoms with Gasteiger partial charge in [-0.2, -0.15) is 0 Å². The summed E-state index contributed by atoms with van der Waals surface area (Å²) < 4.78 is 5.92. The van der Waals surface area contributed by atoms with Crippen LogP contribution in [0.1, 0.15) is 56.3 Å². The normalized spacial score (nSPS) is 27.1. The van der Waals surface area contributed by atoms with Crippen molar-refractivity contribution in [3.63, 3.8) is 0 Å². The van der Waals surface area contributed by atoms with E-state index in [0.717, 1.165) is 31.8 Å². The van der Waals surface area contributed by atoms with E-state index < -0.39 is 0 Å². The zero-order valence-electron chi connectivity index (χ0n) is 13.2. The molecule has 114 valence electrons. The van der Waals surface area contributed by atoms with Crippen LogP contribution < -0.4 is 5.32 Å². The maximum atomic E-state index is 5.92. The second-order valence-electron chi connectivity index (χ2n) is 6.56. The Balaban J connectivity index is 2.02. The first-order valence-corrected chi connectivity index (χ1v) is 8.58. The Morgan fingerprint density at radius 1 is 1.55 bits per heavy atom. The molecule has 1 N–H and O–H groups in total. The van der Waals surface area contributed by atoms with Gasteiger partial charge in [-0.3, -0.25) is 0 Å². The molecule has 0 saturated heterocycles. The Morgan fingerprint density at radius 2 is 2.35 bits per heavy atom. The standard InChI is InChI=1S/C16H28N2OS/c1-12(2)9-17-10-14-11-18-15(20-14)16(19-4)7-5-6-13(3)8-16/h11-13,17H,5-10H2,1-4H3. The summed E-state index contributed by atoms with van der Waals surface area (Å²) >= 11 is 1.82. The molecule has 0 spiro atoms. The Labute approximate surface area is 127 Å². The van der Waals surface area contributed by atoms with Crippen molar-refractivity contribution in [1.29, 1.82) is 0 Å². The third kappa shape index (κ3) is 3.80. The van der Waals surface area contributed by atoms with Crippen molar-refractivity contribution in [2.75, 3.05) is 13.7 Å². The maximum Gasteiger partial charge on any atom is 0.125 e. The molecule has 0 bridgehead atoms. The summed E-state index contributed by atoms with van der Waals surface area (Å²) in [6.07, 6.45) is 6.80. The van der Waals surface area contributed by atoms with Crippen LogP contribution in [0.15, 0.2) is 6.20 Å². The average Bonchev–Trinajstić information content (AvgIpc) is 2.87. The van der Waals surface area contributed by atoms with E-state index in [1.807, 2.05) is 24.6 Å². The van der Waals surface area contributed by atoms with Crippen molar-refractivity contribution in [3.05, 3.63) is 16.1 Å². The van der Waals surface area contributed by atoms with Crippen LogP contribution in [0, 0.1) is 11.8 Å². The molecule has 0 amide bonds. The molecule has 1 saturated carbocycles. The Kier molecular flexibility index (Phi) is 5.58. The van der Waals surface area contributed by atoms with E-state index in [1.165, 1.54) is 22.7 Å². The van der Waals surface area contributed by atoms with Gasteiger partial charge in [0.2, 0.25) is 0 Å². The van der Waals surface area contributed by atoms with Crippen molar-refractivity contribution in [1.82, 2.24) is 10.3 Å². The molecular weight excluding hydrogens is 268 g/mol. The molecule has 2 rings (SSSR count). The van der Waals surface area contributed by atoms with E-state index in [0.29, 0.717) is 5.92 Å². The number of nitrogens with zero attached hydrogens (tertiary/aromatic N) is 1. The van der Waals surface area contributed by atoms with Crippen LogP contribution >= 0.6 is 11.3 Å². The topological polar surface area (TPSA) is 34.1 Å². The number of hydrogen-bond acceptors (Lipinski definition) is 4. The van der Waals surface area contributed by atoms with E-state index in [-0.39, 0.29) is 5.60 Å². The summed E-state index contributed by atoms with van der Waals surface area (Å²) in [7, 11) is 1.84. The molecule has 2 atom stereocenters. The quantitative estimate of drug-likeness (QED) is 0.863. The van der Waals surface area contributed by atoms with Gasteiger partial charge in [-0.05, 0) is 37.6 Å². The highest BCUT2D eigenvalue weighted by molar-refractivity contribution is 7.11. The molecule has 0 radical (unpaired) electrons. The summed E-state index contributed by atoms with van der Waals surface area (Å²) in [6, 6.07) is 0. The first-order chi connectivity index (χ1) is 9.55. The van der Waals surface area contributed by atoms with Gasteiger partial charge in [0, 0.05) is 24.7 Å². The number of ether oxygens (including phenoxy) is 1. The third-order valence-electron chi connectivity index (χ3n) is 4.14. The monoisotopic (exact) mass is 296 g/mol. The number of thiazole rings is 1. The Hall–Kier alpha value is -0.450. The van der Waals surface area contributed by atoms with Crippen molar-refractivity contribution >= 4 is 11.3 Å². The largest absolute Gasteiger partial charge is 0.371 e. The van der Waals surface area contributed by atoms with Crippen molar-refractivity contribution in [2.45, 2.75) is 58.6 Å². The van der Waals surface area contributed by atoms with E-state index in [4.69, 9.17) is 4.74 Å². The zero-order valence-corrected chi connectivity index (χ0v) is 14.1. The number of hydrogen-bond donors (Lipinski definition) is 1. The van der Waals surface area contributed by atoms with Crippen molar-refractivity contribution in [3.8, 4) is 0 Å². The average molecular weight is 296 g/mol. The van der Waals surface area contributed by atoms with Crippen LogP contribution in [0.2, 0.25) is 0 Å². The molecule has 0 aliphatic heterocycles. The number of nitrogens with one attached hydrogen (secondary N) is 1. The SMILES string of the molecule is COC1(c2ncc(CNCC(C)C)s2)CCCC(C)C1. The summed E-state index contributed by atoms with van der Waals surface area (Å²) in [5.74, 6) is 1.42. The van der Waals surface area contributed by atoms with E-state index in [9.17, 15) is 0 Å². The van der Waals surface area contributed by atoms with Crippen molar-refractivity contribution < 1.29 is 4.74 Å². The molecule has 0 aromatic carbocycles. The van der Waals surface area contributed by atoms with Gasteiger partial charge in [0.1, 0.15) is 10.6 Å². The smallest absolute Gasteiger partial charge is 0.125 e. The summed E-state index contributed by atoms with van der Waals surface area (Å²) in [5.41, 5.74) is -0.126. The highest BCUT2D eigenvalue weighted by atomic mass is 32.1. The minimum atomic E-state index is -0.126. The van der Waals surface area contributed by atoms with Crippen LogP contribution in [0.5, 0.6) is 0 Å². The molecule has 1 aliphatic rings. The van der Waals surface area contributed by atoms with Crippen LogP contribution in [0.4, 0.5) is 0 Å². The molecule has 1 aliphatic carbocycles. The van der Waals surface area contributed by atoms with E-state index in [1.54, 1.807) is 0 Å². The fourth-order valence-corrected chi connectivity index (χ4v) is 4.14. The fraction of sp³-hybridized carbons (Fsp3) is 0.812. The van der Waals surface area contributed by atoms with Gasteiger partial charge in [-0.1, -0.05) is 27.2 Å². The van der Waals surface area contributed by atoms with Crippen LogP contribution in [-0.4, -0.2) is 18.6 Å². The van der Waals surface area contributed by atoms with E-state index in [2.05, 4.69) is 31.1 Å². The van der Waals surface area contributed by atoms with Gasteiger partial charge in [0.15, 0.2) is 0 Å². The number of aromatic nitrogens is 1. The van der Waals surface area contributed by atoms with Gasteiger partial charge in [-0.15, -0.1) is 11.3 Å². The molecular formula is C16H28N2OS. The van der Waals surface area contributed by atoms with Gasteiger partial charge >= 0.3 is 0 Å². The number of rotatable bonds is 6. The summed E-state index contributed by atoms with van der Waals surface area (Å²) in [5, 5.41) is 4.66. The lowest BCUT2D eigenvalue weighted by Gasteiger charge is -2.37. The van der Waals surface area contributed by atoms with Crippen LogP contribution in [0.3, 0.4) is 0 Å². The lowest BCUT2D eigenvalue weighted by Crippen LogP contribution is -2.34. The first-order valence-electron chi connectivity index (χ1n) is 7.77. The predicted octanol–water partition coefficient (Wildman–Crippen LogP) is 3.94. The predicted molar refractivity (Wildman–Crippen MR) is 85.0 cm³/mol. The molecule has 1 aromatic heterocycles. The molecule has 1 fully saturated rings. The highest BCUT2D eigenvalue weighted by Gasteiger charge is 2.39. The van der Waals surface area contributed by atoms with E-state index >= 15 is 0 Å². The molecule has 2 unspecified atom stereocenters. The number of methoxy groups -OCH3 is 1. The van der Waals surface area contributed by atoms with Crippen LogP contribution in [0.25, 0.3) is 0 Å². The second kappa shape index (κ2) is 7.01. The first kappa shape index (κ1) is 15.9. The Morgan fingerprint density at radius 3 is 3.00 bits per heavy atom. The zero-order chi connectivity index (χ0) is 14.6. The second-order valence-corrected chi connectivity index (χ2v) is 7.67. The summed E-state index contributed by atoms with van der Waals surface area (Å²) in [4.78, 5) is 5.98. The van der Waals surface area contributed by atoms with Gasteiger partial charge in [0.25, 0.3) is 0 Å². The summed E-state index contributed by atoms with van der Waals surface area (Å²) in [6.45, 7) is 8.76. The van der Waals surface area contributed by atoms with Gasteiger partial charge in [-0.25, -0.2) is 4.98 Å². The minimum absolute atomic E-state index is 0.126. The lowest BCUT2D eigenvalue weighted by atomic mass is 9.79. The third-order valence-corrected chi connectivity index (χ3v) is 5.32. The molecule has 4 heteroatoms. The minimum Gasteiger partial charge on any atom is -0.371 e. The fourth-order valence-electron chi connectivity index (χ4n) is 3.05. The van der Waals surface area contributed by atoms with Gasteiger partial charge in [0.05, 0.1) is 0 Å². The molecule has 3 nitrogen and oxygen atoms in total. The maximum absolute atomic E-state index is 5.92. The van der Waals surface area contributed by atoms with Crippen molar-refractivity contribution in [2.24, 2.45) is 11.8 Å². The molecule has 20 heavy (non-hydrogen) atoms. The highest BCUT2D eigenvalue weighted by Crippen LogP contribution is 2.43. The Bertz CT molecular complexity index is 418. The van der Waals surface area contributed by atoms with Crippen LogP contribution in [-0.2, 0) is 16.9 Å². The van der Waals surface area contributed by atoms with Gasteiger partial charge < -0.3 is 10.1 Å². The molecule has 1 heterocycles. The lowest BCUT2D eigenvalue weighted by molar-refractivity contribution is -0.0580.